The number of ether oxygens (including phenoxy) is 1. The second kappa shape index (κ2) is 30.5. The molecule has 7 aromatic rings. The van der Waals surface area contributed by atoms with Crippen LogP contribution in [0.1, 0.15) is 44.3 Å². The van der Waals surface area contributed by atoms with Gasteiger partial charge in [0.05, 0.1) is 67.2 Å². The maximum atomic E-state index is 10.6. The maximum absolute atomic E-state index is 10.6. The van der Waals surface area contributed by atoms with Crippen LogP contribution in [0.3, 0.4) is 0 Å². The quantitative estimate of drug-likeness (QED) is 0.0176. The number of carboxylic acid groups (broad SMARTS) is 1. The summed E-state index contributed by atoms with van der Waals surface area (Å²) in [5, 5.41) is 78.9. The summed E-state index contributed by atoms with van der Waals surface area (Å²) >= 11 is 38.1. The molecule has 0 atom stereocenters. The van der Waals surface area contributed by atoms with Crippen molar-refractivity contribution in [2.24, 2.45) is 0 Å². The number of hydrogen-bond acceptors (Lipinski definition) is 18. The first-order valence-corrected chi connectivity index (χ1v) is 21.0. The van der Waals surface area contributed by atoms with E-state index in [4.69, 9.17) is 135 Å². The number of anilines is 3. The van der Waals surface area contributed by atoms with Crippen LogP contribution in [0.15, 0.2) is 91.0 Å². The monoisotopic (exact) mass is 1140 g/mol. The van der Waals surface area contributed by atoms with E-state index in [-0.39, 0.29) is 85.8 Å². The molecule has 0 spiro atoms. The number of nitro groups is 2. The van der Waals surface area contributed by atoms with Crippen LogP contribution in [0.2, 0.25) is 5.02 Å². The smallest absolute Gasteiger partial charge is 0.870 e. The molecule has 0 amide bonds. The first-order chi connectivity index (χ1) is 33.3. The SMILES string of the molecule is COC(=N)C(Cl)(Cl)Cl.N#Cc1cccc(N)c1N.N#Cc1cccc([N+](=O)[O-])c1Cl.N#Cc1cccc([N+](=O)[O-])c1N.N#Cc1cccc2[nH]c(C(=O)O)nc12.N#Cc1cccc2[nH]c(C(Cl)(Cl)Cl)nc12.[Na+].[OH-]. The molecule has 5 aromatic carbocycles. The molecule has 23 nitrogen and oxygen atoms in total. The van der Waals surface area contributed by atoms with Gasteiger partial charge in [-0.05, 0) is 48.5 Å². The Bertz CT molecular complexity index is 3260. The number of nitrogens with zero attached hydrogens (tertiary/aromatic N) is 9. The number of carboxylic acids is 1. The largest absolute Gasteiger partial charge is 1.00 e. The Morgan fingerprint density at radius 3 is 1.47 bits per heavy atom. The molecular weight excluding hydrogens is 1110 g/mol. The minimum atomic E-state index is -1.71. The number of nitrogen functional groups attached to an aromatic ring is 3. The molecule has 0 bridgehead atoms. The van der Waals surface area contributed by atoms with Crippen molar-refractivity contribution in [3.8, 4) is 30.3 Å². The van der Waals surface area contributed by atoms with Crippen molar-refractivity contribution in [2.75, 3.05) is 24.3 Å². The Balaban J connectivity index is 0.000000857. The molecule has 0 radical (unpaired) electrons. The molecular formula is C42H29Cl7N15NaO8. The maximum Gasteiger partial charge on any atom is 1.00 e. The van der Waals surface area contributed by atoms with Crippen molar-refractivity contribution in [2.45, 2.75) is 7.59 Å². The van der Waals surface area contributed by atoms with Crippen molar-refractivity contribution < 1.29 is 59.5 Å². The van der Waals surface area contributed by atoms with Gasteiger partial charge in [-0.15, -0.1) is 0 Å². The van der Waals surface area contributed by atoms with Gasteiger partial charge in [-0.3, -0.25) is 25.6 Å². The van der Waals surface area contributed by atoms with Crippen molar-refractivity contribution in [3.05, 3.63) is 156 Å². The van der Waals surface area contributed by atoms with E-state index in [2.05, 4.69) is 24.7 Å². The van der Waals surface area contributed by atoms with E-state index in [1.165, 1.54) is 43.5 Å². The number of para-hydroxylation sites is 4. The molecule has 0 saturated carbocycles. The van der Waals surface area contributed by atoms with Gasteiger partial charge in [-0.2, -0.15) is 26.3 Å². The Morgan fingerprint density at radius 1 is 0.671 bits per heavy atom. The van der Waals surface area contributed by atoms with Crippen LogP contribution in [0.25, 0.3) is 22.1 Å². The molecule has 7 rings (SSSR count). The number of carbonyl (C=O) groups is 1. The third-order valence-electron chi connectivity index (χ3n) is 8.16. The number of alkyl halides is 6. The Morgan fingerprint density at radius 2 is 1.07 bits per heavy atom. The number of halogens is 7. The van der Waals surface area contributed by atoms with Crippen molar-refractivity contribution >= 4 is 144 Å². The van der Waals surface area contributed by atoms with Gasteiger partial charge in [0, 0.05) is 12.1 Å². The Kier molecular flexibility index (Phi) is 27.4. The number of nitriles is 5. The number of hydrogen-bond donors (Lipinski definition) is 7. The number of aromatic nitrogens is 4. The first kappa shape index (κ1) is 65.6. The van der Waals surface area contributed by atoms with Crippen LogP contribution in [0, 0.1) is 82.3 Å². The Hall–Kier alpha value is -7.38. The zero-order valence-corrected chi connectivity index (χ0v) is 44.2. The number of aromatic amines is 2. The number of imidazole rings is 2. The van der Waals surface area contributed by atoms with Gasteiger partial charge in [0.1, 0.15) is 52.1 Å². The van der Waals surface area contributed by atoms with Gasteiger partial charge in [-0.1, -0.05) is 112 Å². The Labute approximate surface area is 469 Å². The molecule has 0 aliphatic heterocycles. The van der Waals surface area contributed by atoms with Crippen molar-refractivity contribution in [3.63, 3.8) is 0 Å². The van der Waals surface area contributed by atoms with Gasteiger partial charge in [0.25, 0.3) is 15.2 Å². The van der Waals surface area contributed by atoms with Crippen LogP contribution >= 0.6 is 81.2 Å². The minimum Gasteiger partial charge on any atom is -0.870 e. The molecule has 11 N–H and O–H groups in total. The molecule has 31 heteroatoms. The molecule has 0 fully saturated rings. The van der Waals surface area contributed by atoms with Gasteiger partial charge >= 0.3 is 35.5 Å². The van der Waals surface area contributed by atoms with E-state index >= 15 is 0 Å². The molecule has 370 valence electrons. The molecule has 0 unspecified atom stereocenters. The van der Waals surface area contributed by atoms with E-state index in [1.807, 2.05) is 18.2 Å². The van der Waals surface area contributed by atoms with Crippen LogP contribution < -0.4 is 46.8 Å². The second-order valence-electron chi connectivity index (χ2n) is 12.7. The minimum absolute atomic E-state index is 0. The summed E-state index contributed by atoms with van der Waals surface area (Å²) in [5.74, 6) is -1.44. The number of methoxy groups -OCH3 is 1. The number of nitrogens with two attached hydrogens (primary N) is 3. The topological polar surface area (TPSA) is 441 Å². The molecule has 73 heavy (non-hydrogen) atoms. The van der Waals surface area contributed by atoms with E-state index < -0.39 is 23.4 Å². The average molecular weight is 1140 g/mol. The zero-order chi connectivity index (χ0) is 53.8. The fraction of sp³-hybridized carbons (Fsp3) is 0.0714. The van der Waals surface area contributed by atoms with E-state index in [9.17, 15) is 25.0 Å². The van der Waals surface area contributed by atoms with E-state index in [1.54, 1.807) is 66.7 Å². The molecule has 2 aromatic heterocycles. The number of benzene rings is 5. The van der Waals surface area contributed by atoms with Crippen molar-refractivity contribution in [1.82, 2.24) is 19.9 Å². The van der Waals surface area contributed by atoms with E-state index in [0.29, 0.717) is 50.1 Å². The summed E-state index contributed by atoms with van der Waals surface area (Å²) in [7, 11) is 1.27. The fourth-order valence-corrected chi connectivity index (χ4v) is 5.57. The third-order valence-corrected chi connectivity index (χ3v) is 9.60. The first-order valence-electron chi connectivity index (χ1n) is 18.4. The predicted octanol–water partition coefficient (Wildman–Crippen LogP) is 7.09. The molecule has 2 heterocycles. The summed E-state index contributed by atoms with van der Waals surface area (Å²) in [6, 6.07) is 32.7. The van der Waals surface area contributed by atoms with Crippen LogP contribution in [0.5, 0.6) is 0 Å². The molecule has 0 aliphatic rings. The van der Waals surface area contributed by atoms with Gasteiger partial charge < -0.3 is 42.5 Å². The van der Waals surface area contributed by atoms with Crippen molar-refractivity contribution in [1.29, 1.82) is 31.7 Å². The standard InChI is InChI=1S/C9H4Cl3N3.C9H5N3O2.C7H3ClN2O2.C7H5N3O2.C7H7N3.C3H4Cl3NO.Na.H2O/c10-9(11,12)8-14-6-3-1-2-5(4-13)7(6)15-8;10-4-5-2-1-3-6-7(5)12-8(11-6)9(13)14;8-7-5(4-9)2-1-3-6(7)10(11)12;8-4-5-2-1-3-6(7(5)9)10(11)12;8-4-5-2-1-3-6(9)7(5)10;1-8-2(7)3(4,5)6;;/h1-3H,(H,14,15);1-3H,(H,11,12)(H,13,14);1-3H;1-3H,9H2;1-3H,9-10H2;7H,1H3;;1H2/q;;;;;;+1;/p-1. The second-order valence-corrected chi connectivity index (χ2v) is 17.6. The summed E-state index contributed by atoms with van der Waals surface area (Å²) in [6.07, 6.45) is 0. The van der Waals surface area contributed by atoms with E-state index in [0.717, 1.165) is 0 Å². The van der Waals surface area contributed by atoms with Crippen LogP contribution in [-0.4, -0.2) is 63.1 Å². The molecule has 0 aliphatic carbocycles. The number of rotatable bonds is 3. The molecule has 0 saturated heterocycles. The average Bonchev–Trinajstić information content (AvgIpc) is 3.99. The fourth-order valence-electron chi connectivity index (χ4n) is 4.83. The van der Waals surface area contributed by atoms with Crippen LogP contribution in [0.4, 0.5) is 28.4 Å². The number of H-pyrrole nitrogens is 2. The van der Waals surface area contributed by atoms with Gasteiger partial charge in [0.2, 0.25) is 15.5 Å². The predicted molar refractivity (Wildman–Crippen MR) is 270 cm³/mol. The summed E-state index contributed by atoms with van der Waals surface area (Å²) < 4.78 is 0.983. The van der Waals surface area contributed by atoms with Gasteiger partial charge in [0.15, 0.2) is 5.82 Å². The number of nitrogens with one attached hydrogen (secondary N) is 3. The summed E-state index contributed by atoms with van der Waals surface area (Å²) in [5.41, 5.74) is 20.1. The third kappa shape index (κ3) is 19.3. The number of fused-ring (bicyclic) bond motifs is 2. The number of nitro benzene ring substituents is 2. The summed E-state index contributed by atoms with van der Waals surface area (Å²) in [4.78, 5) is 43.3. The normalized spacial score (nSPS) is 9.63. The van der Waals surface area contributed by atoms with Gasteiger partial charge in [-0.25, -0.2) is 14.8 Å². The number of aromatic carboxylic acids is 1. The zero-order valence-electron chi connectivity index (χ0n) is 36.9. The van der Waals surface area contributed by atoms with Crippen LogP contribution in [-0.2, 0) is 8.53 Å². The summed E-state index contributed by atoms with van der Waals surface area (Å²) in [6.45, 7) is 0.